The quantitative estimate of drug-likeness (QED) is 0.685. The maximum absolute atomic E-state index is 5.58. The zero-order valence-corrected chi connectivity index (χ0v) is 9.07. The Bertz CT molecular complexity index is 120. The van der Waals surface area contributed by atoms with Gasteiger partial charge in [0.1, 0.15) is 0 Å². The molecule has 0 amide bonds. The van der Waals surface area contributed by atoms with Crippen LogP contribution in [0, 0.1) is 5.41 Å². The zero-order valence-electron chi connectivity index (χ0n) is 9.07. The Kier molecular flexibility index (Phi) is 4.74. The highest BCUT2D eigenvalue weighted by Crippen LogP contribution is 2.37. The van der Waals surface area contributed by atoms with Crippen molar-refractivity contribution in [2.75, 3.05) is 26.3 Å². The molecule has 1 fully saturated rings. The molecular weight excluding hydrogens is 162 g/mol. The van der Waals surface area contributed by atoms with E-state index in [9.17, 15) is 0 Å². The molecule has 1 rings (SSSR count). The molecule has 2 heteroatoms. The Morgan fingerprint density at radius 2 is 1.92 bits per heavy atom. The number of hydrogen-bond acceptors (Lipinski definition) is 2. The first-order chi connectivity index (χ1) is 6.33. The molecule has 1 saturated carbocycles. The molecule has 0 radical (unpaired) electrons. The van der Waals surface area contributed by atoms with Crippen molar-refractivity contribution in [3.8, 4) is 0 Å². The highest BCUT2D eigenvalue weighted by molar-refractivity contribution is 4.86. The molecular formula is C11H23NO. The van der Waals surface area contributed by atoms with Crippen LogP contribution < -0.4 is 5.32 Å². The Morgan fingerprint density at radius 3 is 2.46 bits per heavy atom. The summed E-state index contributed by atoms with van der Waals surface area (Å²) in [5.41, 5.74) is 0.464. The second-order valence-corrected chi connectivity index (χ2v) is 4.12. The van der Waals surface area contributed by atoms with Crippen LogP contribution in [0.3, 0.4) is 0 Å². The molecule has 0 aromatic carbocycles. The second-order valence-electron chi connectivity index (χ2n) is 4.12. The fraction of sp³-hybridized carbons (Fsp3) is 1.00. The average molecular weight is 185 g/mol. The van der Waals surface area contributed by atoms with E-state index in [1.54, 1.807) is 0 Å². The van der Waals surface area contributed by atoms with E-state index in [-0.39, 0.29) is 0 Å². The van der Waals surface area contributed by atoms with Gasteiger partial charge in [0.15, 0.2) is 0 Å². The van der Waals surface area contributed by atoms with E-state index in [0.29, 0.717) is 5.41 Å². The van der Waals surface area contributed by atoms with Gasteiger partial charge in [0.2, 0.25) is 0 Å². The van der Waals surface area contributed by atoms with Crippen LogP contribution >= 0.6 is 0 Å². The van der Waals surface area contributed by atoms with Gasteiger partial charge in [-0.15, -0.1) is 0 Å². The lowest BCUT2D eigenvalue weighted by molar-refractivity contribution is 0.0539. The summed E-state index contributed by atoms with van der Waals surface area (Å²) in [5.74, 6) is 0. The van der Waals surface area contributed by atoms with Crippen LogP contribution in [-0.4, -0.2) is 26.3 Å². The molecule has 1 aliphatic carbocycles. The van der Waals surface area contributed by atoms with Gasteiger partial charge in [-0.1, -0.05) is 19.8 Å². The van der Waals surface area contributed by atoms with Gasteiger partial charge >= 0.3 is 0 Å². The molecule has 0 bridgehead atoms. The van der Waals surface area contributed by atoms with Gasteiger partial charge in [0, 0.05) is 18.6 Å². The van der Waals surface area contributed by atoms with Gasteiger partial charge in [-0.05, 0) is 26.3 Å². The molecule has 0 atom stereocenters. The SMILES string of the molecule is CCNCC1(COCC)CCCC1. The molecule has 1 aliphatic rings. The second kappa shape index (κ2) is 5.61. The normalized spacial score (nSPS) is 20.8. The molecule has 1 N–H and O–H groups in total. The van der Waals surface area contributed by atoms with Crippen molar-refractivity contribution >= 4 is 0 Å². The Labute approximate surface area is 82.0 Å². The van der Waals surface area contributed by atoms with Crippen LogP contribution in [0.2, 0.25) is 0 Å². The maximum Gasteiger partial charge on any atom is 0.0534 e. The summed E-state index contributed by atoms with van der Waals surface area (Å²) >= 11 is 0. The molecule has 0 spiro atoms. The van der Waals surface area contributed by atoms with E-state index in [4.69, 9.17) is 4.74 Å². The van der Waals surface area contributed by atoms with E-state index >= 15 is 0 Å². The number of hydrogen-bond donors (Lipinski definition) is 1. The molecule has 13 heavy (non-hydrogen) atoms. The van der Waals surface area contributed by atoms with Gasteiger partial charge in [-0.25, -0.2) is 0 Å². The standard InChI is InChI=1S/C11H23NO/c1-3-12-9-11(10-13-4-2)7-5-6-8-11/h12H,3-10H2,1-2H3. The average Bonchev–Trinajstić information content (AvgIpc) is 2.61. The lowest BCUT2D eigenvalue weighted by atomic mass is 9.87. The van der Waals surface area contributed by atoms with E-state index in [2.05, 4.69) is 19.2 Å². The minimum atomic E-state index is 0.464. The van der Waals surface area contributed by atoms with Gasteiger partial charge in [-0.2, -0.15) is 0 Å². The summed E-state index contributed by atoms with van der Waals surface area (Å²) in [6.45, 7) is 8.28. The van der Waals surface area contributed by atoms with E-state index in [1.165, 1.54) is 25.7 Å². The van der Waals surface area contributed by atoms with E-state index < -0.39 is 0 Å². The molecule has 0 saturated heterocycles. The minimum absolute atomic E-state index is 0.464. The van der Waals surface area contributed by atoms with Crippen molar-refractivity contribution in [3.63, 3.8) is 0 Å². The zero-order chi connectivity index (χ0) is 9.57. The maximum atomic E-state index is 5.58. The molecule has 0 aromatic rings. The van der Waals surface area contributed by atoms with Crippen molar-refractivity contribution < 1.29 is 4.74 Å². The minimum Gasteiger partial charge on any atom is -0.381 e. The Morgan fingerprint density at radius 1 is 1.23 bits per heavy atom. The van der Waals surface area contributed by atoms with Crippen molar-refractivity contribution in [2.24, 2.45) is 5.41 Å². The van der Waals surface area contributed by atoms with Crippen LogP contribution in [0.5, 0.6) is 0 Å². The summed E-state index contributed by atoms with van der Waals surface area (Å²) < 4.78 is 5.58. The molecule has 2 nitrogen and oxygen atoms in total. The predicted molar refractivity (Wildman–Crippen MR) is 55.9 cm³/mol. The fourth-order valence-electron chi connectivity index (χ4n) is 2.21. The van der Waals surface area contributed by atoms with Gasteiger partial charge in [0.25, 0.3) is 0 Å². The molecule has 0 unspecified atom stereocenters. The van der Waals surface area contributed by atoms with Crippen molar-refractivity contribution in [1.82, 2.24) is 5.32 Å². The summed E-state index contributed by atoms with van der Waals surface area (Å²) in [5, 5.41) is 3.46. The number of nitrogens with one attached hydrogen (secondary N) is 1. The predicted octanol–water partition coefficient (Wildman–Crippen LogP) is 2.19. The topological polar surface area (TPSA) is 21.3 Å². The van der Waals surface area contributed by atoms with Crippen LogP contribution in [0.4, 0.5) is 0 Å². The highest BCUT2D eigenvalue weighted by atomic mass is 16.5. The fourth-order valence-corrected chi connectivity index (χ4v) is 2.21. The molecule has 0 aliphatic heterocycles. The largest absolute Gasteiger partial charge is 0.381 e. The first-order valence-electron chi connectivity index (χ1n) is 5.61. The summed E-state index contributed by atoms with van der Waals surface area (Å²) in [6, 6.07) is 0. The smallest absolute Gasteiger partial charge is 0.0534 e. The summed E-state index contributed by atoms with van der Waals surface area (Å²) in [7, 11) is 0. The lowest BCUT2D eigenvalue weighted by Crippen LogP contribution is -2.36. The monoisotopic (exact) mass is 185 g/mol. The Balaban J connectivity index is 2.33. The van der Waals surface area contributed by atoms with Gasteiger partial charge < -0.3 is 10.1 Å². The van der Waals surface area contributed by atoms with E-state index in [0.717, 1.165) is 26.3 Å². The lowest BCUT2D eigenvalue weighted by Gasteiger charge is -2.28. The molecule has 78 valence electrons. The molecule has 0 heterocycles. The van der Waals surface area contributed by atoms with Crippen LogP contribution in [0.25, 0.3) is 0 Å². The van der Waals surface area contributed by atoms with Crippen molar-refractivity contribution in [3.05, 3.63) is 0 Å². The molecule has 0 aromatic heterocycles. The first-order valence-corrected chi connectivity index (χ1v) is 5.61. The third-order valence-electron chi connectivity index (χ3n) is 3.03. The van der Waals surface area contributed by atoms with Gasteiger partial charge in [0.05, 0.1) is 6.61 Å². The van der Waals surface area contributed by atoms with Crippen LogP contribution in [-0.2, 0) is 4.74 Å². The third kappa shape index (κ3) is 3.28. The van der Waals surface area contributed by atoms with Gasteiger partial charge in [-0.3, -0.25) is 0 Å². The number of rotatable bonds is 6. The van der Waals surface area contributed by atoms with Crippen LogP contribution in [0.1, 0.15) is 39.5 Å². The van der Waals surface area contributed by atoms with E-state index in [1.807, 2.05) is 0 Å². The summed E-state index contributed by atoms with van der Waals surface area (Å²) in [4.78, 5) is 0. The Hall–Kier alpha value is -0.0800. The van der Waals surface area contributed by atoms with Crippen molar-refractivity contribution in [1.29, 1.82) is 0 Å². The first kappa shape index (κ1) is 11.0. The number of ether oxygens (including phenoxy) is 1. The third-order valence-corrected chi connectivity index (χ3v) is 3.03. The summed E-state index contributed by atoms with van der Waals surface area (Å²) in [6.07, 6.45) is 5.47. The highest BCUT2D eigenvalue weighted by Gasteiger charge is 2.33. The van der Waals surface area contributed by atoms with Crippen LogP contribution in [0.15, 0.2) is 0 Å². The van der Waals surface area contributed by atoms with Crippen molar-refractivity contribution in [2.45, 2.75) is 39.5 Å².